The Balaban J connectivity index is 1.56. The molecule has 0 heterocycles. The lowest BCUT2D eigenvalue weighted by Gasteiger charge is -1.89. The first-order valence-electron chi connectivity index (χ1n) is 8.35. The first kappa shape index (κ1) is 17.4. The van der Waals surface area contributed by atoms with E-state index in [1.807, 2.05) is 60.7 Å². The quantitative estimate of drug-likeness (QED) is 0.470. The van der Waals surface area contributed by atoms with Crippen LogP contribution in [0.1, 0.15) is 36.8 Å². The van der Waals surface area contributed by atoms with Gasteiger partial charge in [0.25, 0.3) is 0 Å². The molecule has 0 aliphatic carbocycles. The van der Waals surface area contributed by atoms with Crippen LogP contribution < -0.4 is 0 Å². The molecule has 0 saturated carbocycles. The summed E-state index contributed by atoms with van der Waals surface area (Å²) in [6, 6.07) is 20.4. The summed E-state index contributed by atoms with van der Waals surface area (Å²) in [7, 11) is 0. The van der Waals surface area contributed by atoms with Gasteiger partial charge in [-0.3, -0.25) is 0 Å². The zero-order valence-electron chi connectivity index (χ0n) is 13.9. The number of hydrogen-bond donors (Lipinski definition) is 0. The van der Waals surface area contributed by atoms with Gasteiger partial charge < -0.3 is 0 Å². The standard InChI is InChI=1S/C24H22/c1(3-5-7-11-17-23-19-13-9-14-20-23)2-4-6-8-12-18-24-21-15-10-16-22-24/h9-22H,1-4H2. The average Bonchev–Trinajstić information content (AvgIpc) is 2.64. The number of rotatable bonds is 5. The summed E-state index contributed by atoms with van der Waals surface area (Å²) in [6.07, 6.45) is 12.0. The van der Waals surface area contributed by atoms with Crippen LogP contribution in [0.15, 0.2) is 72.8 Å². The minimum Gasteiger partial charge on any atom is -0.0985 e. The predicted octanol–water partition coefficient (Wildman–Crippen LogP) is 5.98. The van der Waals surface area contributed by atoms with Crippen LogP contribution >= 0.6 is 0 Å². The third kappa shape index (κ3) is 7.88. The van der Waals surface area contributed by atoms with Crippen LogP contribution in [0.25, 0.3) is 12.2 Å². The molecular weight excluding hydrogens is 288 g/mol. The van der Waals surface area contributed by atoms with Crippen molar-refractivity contribution in [3.05, 3.63) is 83.9 Å². The third-order valence-electron chi connectivity index (χ3n) is 3.38. The molecular formula is C24H22. The summed E-state index contributed by atoms with van der Waals surface area (Å²) in [5.74, 6) is 12.5. The van der Waals surface area contributed by atoms with E-state index in [0.29, 0.717) is 0 Å². The fourth-order valence-electron chi connectivity index (χ4n) is 2.09. The second kappa shape index (κ2) is 11.6. The monoisotopic (exact) mass is 310 g/mol. The maximum atomic E-state index is 3.18. The highest BCUT2D eigenvalue weighted by Gasteiger charge is 1.83. The van der Waals surface area contributed by atoms with E-state index >= 15 is 0 Å². The molecule has 0 heteroatoms. The molecule has 0 aliphatic heterocycles. The van der Waals surface area contributed by atoms with Crippen molar-refractivity contribution in [2.24, 2.45) is 0 Å². The Morgan fingerprint density at radius 3 is 1.42 bits per heavy atom. The first-order valence-corrected chi connectivity index (χ1v) is 8.35. The van der Waals surface area contributed by atoms with E-state index in [1.54, 1.807) is 0 Å². The Morgan fingerprint density at radius 2 is 1.00 bits per heavy atom. The van der Waals surface area contributed by atoms with Crippen LogP contribution in [-0.2, 0) is 0 Å². The van der Waals surface area contributed by atoms with Crippen LogP contribution in [0.4, 0.5) is 0 Å². The minimum atomic E-state index is 0.931. The third-order valence-corrected chi connectivity index (χ3v) is 3.38. The average molecular weight is 310 g/mol. The van der Waals surface area contributed by atoms with Gasteiger partial charge >= 0.3 is 0 Å². The largest absolute Gasteiger partial charge is 0.0985 e. The summed E-state index contributed by atoms with van der Waals surface area (Å²) < 4.78 is 0. The van der Waals surface area contributed by atoms with Gasteiger partial charge in [-0.1, -0.05) is 84.3 Å². The summed E-state index contributed by atoms with van der Waals surface area (Å²) >= 11 is 0. The van der Waals surface area contributed by atoms with Gasteiger partial charge in [0.15, 0.2) is 0 Å². The lowest BCUT2D eigenvalue weighted by Crippen LogP contribution is -1.73. The molecule has 0 bridgehead atoms. The lowest BCUT2D eigenvalue weighted by molar-refractivity contribution is 0.782. The number of unbranched alkanes of at least 4 members (excludes halogenated alkanes) is 3. The van der Waals surface area contributed by atoms with Crippen molar-refractivity contribution in [2.45, 2.75) is 25.7 Å². The molecule has 0 fully saturated rings. The molecule has 0 unspecified atom stereocenters. The van der Waals surface area contributed by atoms with E-state index in [0.717, 1.165) is 25.7 Å². The van der Waals surface area contributed by atoms with Crippen molar-refractivity contribution in [1.82, 2.24) is 0 Å². The Labute approximate surface area is 145 Å². The Morgan fingerprint density at radius 1 is 0.583 bits per heavy atom. The molecule has 0 nitrogen and oxygen atoms in total. The van der Waals surface area contributed by atoms with E-state index in [1.165, 1.54) is 11.1 Å². The fraction of sp³-hybridized carbons (Fsp3) is 0.167. The van der Waals surface area contributed by atoms with Gasteiger partial charge in [-0.15, -0.1) is 0 Å². The van der Waals surface area contributed by atoms with Gasteiger partial charge in [0.1, 0.15) is 0 Å². The molecule has 2 rings (SSSR count). The van der Waals surface area contributed by atoms with Gasteiger partial charge in [-0.25, -0.2) is 0 Å². The molecule has 0 radical (unpaired) electrons. The van der Waals surface area contributed by atoms with Crippen molar-refractivity contribution in [1.29, 1.82) is 0 Å². The van der Waals surface area contributed by atoms with Crippen molar-refractivity contribution < 1.29 is 0 Å². The molecule has 2 aromatic rings. The van der Waals surface area contributed by atoms with Gasteiger partial charge in [0, 0.05) is 12.8 Å². The van der Waals surface area contributed by atoms with Crippen molar-refractivity contribution in [3.8, 4) is 23.7 Å². The van der Waals surface area contributed by atoms with Gasteiger partial charge in [-0.05, 0) is 48.3 Å². The van der Waals surface area contributed by atoms with Crippen molar-refractivity contribution >= 4 is 12.2 Å². The van der Waals surface area contributed by atoms with Crippen LogP contribution in [-0.4, -0.2) is 0 Å². The normalized spacial score (nSPS) is 10.2. The van der Waals surface area contributed by atoms with E-state index in [-0.39, 0.29) is 0 Å². The van der Waals surface area contributed by atoms with E-state index in [4.69, 9.17) is 0 Å². The Bertz CT molecular complexity index is 687. The number of allylic oxidation sites excluding steroid dienone is 2. The van der Waals surface area contributed by atoms with E-state index in [9.17, 15) is 0 Å². The van der Waals surface area contributed by atoms with E-state index in [2.05, 4.69) is 47.9 Å². The minimum absolute atomic E-state index is 0.931. The predicted molar refractivity (Wildman–Crippen MR) is 105 cm³/mol. The topological polar surface area (TPSA) is 0 Å². The number of benzene rings is 2. The summed E-state index contributed by atoms with van der Waals surface area (Å²) in [6.45, 7) is 0. The molecule has 0 aromatic heterocycles. The number of hydrogen-bond acceptors (Lipinski definition) is 0. The van der Waals surface area contributed by atoms with Crippen molar-refractivity contribution in [3.63, 3.8) is 0 Å². The second-order valence-electron chi connectivity index (χ2n) is 5.34. The van der Waals surface area contributed by atoms with E-state index < -0.39 is 0 Å². The fourth-order valence-corrected chi connectivity index (χ4v) is 2.09. The first-order chi connectivity index (χ1) is 11.9. The zero-order chi connectivity index (χ0) is 16.7. The maximum absolute atomic E-state index is 3.18. The molecule has 2 aromatic carbocycles. The molecule has 0 amide bonds. The van der Waals surface area contributed by atoms with Crippen LogP contribution in [0.5, 0.6) is 0 Å². The van der Waals surface area contributed by atoms with Crippen LogP contribution in [0, 0.1) is 23.7 Å². The van der Waals surface area contributed by atoms with Crippen LogP contribution in [0.3, 0.4) is 0 Å². The molecule has 24 heavy (non-hydrogen) atoms. The van der Waals surface area contributed by atoms with Gasteiger partial charge in [0.2, 0.25) is 0 Å². The molecule has 0 aliphatic rings. The smallest absolute Gasteiger partial charge is 0.00925 e. The van der Waals surface area contributed by atoms with Crippen LogP contribution in [0.2, 0.25) is 0 Å². The Kier molecular flexibility index (Phi) is 8.40. The second-order valence-corrected chi connectivity index (χ2v) is 5.34. The molecule has 118 valence electrons. The highest BCUT2D eigenvalue weighted by atomic mass is 13.9. The van der Waals surface area contributed by atoms with Gasteiger partial charge in [0.05, 0.1) is 0 Å². The summed E-state index contributed by atoms with van der Waals surface area (Å²) in [5.41, 5.74) is 2.37. The van der Waals surface area contributed by atoms with Gasteiger partial charge in [-0.2, -0.15) is 0 Å². The molecule has 0 spiro atoms. The molecule has 0 N–H and O–H groups in total. The zero-order valence-corrected chi connectivity index (χ0v) is 13.9. The highest BCUT2D eigenvalue weighted by Crippen LogP contribution is 2.01. The molecule has 0 saturated heterocycles. The molecule has 0 atom stereocenters. The summed E-state index contributed by atoms with van der Waals surface area (Å²) in [5, 5.41) is 0. The van der Waals surface area contributed by atoms with Crippen molar-refractivity contribution in [2.75, 3.05) is 0 Å². The lowest BCUT2D eigenvalue weighted by atomic mass is 10.2. The highest BCUT2D eigenvalue weighted by molar-refractivity contribution is 5.52. The SMILES string of the molecule is C(#CCCCCC#CC=Cc1ccccc1)C=Cc1ccccc1. The Hall–Kier alpha value is -2.96. The summed E-state index contributed by atoms with van der Waals surface area (Å²) in [4.78, 5) is 0. The maximum Gasteiger partial charge on any atom is 0.00925 e.